The third-order valence-electron chi connectivity index (χ3n) is 8.43. The van der Waals surface area contributed by atoms with Gasteiger partial charge in [-0.25, -0.2) is 0 Å². The molecular weight excluding hydrogens is 612 g/mol. The molecule has 8 aromatic carbocycles. The van der Waals surface area contributed by atoms with Gasteiger partial charge in [-0.15, -0.1) is 0 Å². The average Bonchev–Trinajstić information content (AvgIpc) is 3.10. The van der Waals surface area contributed by atoms with Gasteiger partial charge in [-0.2, -0.15) is 0 Å². The fourth-order valence-corrected chi connectivity index (χ4v) is 6.85. The molecule has 0 aliphatic heterocycles. The number of fused-ring (bicyclic) bond motifs is 3. The first-order chi connectivity index (χ1) is 22.2. The summed E-state index contributed by atoms with van der Waals surface area (Å²) in [4.78, 5) is 4.69. The maximum Gasteiger partial charge on any atom is 0.0656 e. The minimum atomic E-state index is 1.00. The molecule has 0 radical (unpaired) electrons. The van der Waals surface area contributed by atoms with Crippen LogP contribution in [-0.2, 0) is 0 Å². The minimum absolute atomic E-state index is 1.00. The summed E-state index contributed by atoms with van der Waals surface area (Å²) in [5.41, 5.74) is 6.49. The fourth-order valence-electron chi connectivity index (χ4n) is 6.23. The fraction of sp³-hybridized carbons (Fsp3) is 0. The highest BCUT2D eigenvalue weighted by Crippen LogP contribution is 2.47. The second-order valence-electron chi connectivity index (χ2n) is 11.2. The summed E-state index contributed by atoms with van der Waals surface area (Å²) < 4.78 is 1.00. The van der Waals surface area contributed by atoms with Crippen LogP contribution in [0.25, 0.3) is 32.3 Å². The van der Waals surface area contributed by atoms with E-state index >= 15 is 0 Å². The van der Waals surface area contributed by atoms with Crippen LogP contribution in [0.4, 0.5) is 34.1 Å². The lowest BCUT2D eigenvalue weighted by Gasteiger charge is -2.31. The Bertz CT molecular complexity index is 2230. The monoisotopic (exact) mass is 640 g/mol. The minimum Gasteiger partial charge on any atom is -0.309 e. The molecule has 0 heterocycles. The summed E-state index contributed by atoms with van der Waals surface area (Å²) >= 11 is 4.14. The maximum absolute atomic E-state index is 4.14. The Kier molecular flexibility index (Phi) is 7.01. The molecule has 0 aliphatic rings. The lowest BCUT2D eigenvalue weighted by molar-refractivity contribution is 1.24. The molecule has 0 fully saturated rings. The van der Waals surface area contributed by atoms with Crippen molar-refractivity contribution in [2.24, 2.45) is 0 Å². The van der Waals surface area contributed by atoms with Crippen LogP contribution < -0.4 is 9.80 Å². The maximum atomic E-state index is 4.14. The van der Waals surface area contributed by atoms with Crippen molar-refractivity contribution in [2.75, 3.05) is 9.80 Å². The van der Waals surface area contributed by atoms with E-state index in [1.165, 1.54) is 32.3 Å². The zero-order chi connectivity index (χ0) is 30.2. The Morgan fingerprint density at radius 1 is 0.289 bits per heavy atom. The number of hydrogen-bond donors (Lipinski definition) is 0. The summed E-state index contributed by atoms with van der Waals surface area (Å²) in [5, 5.41) is 7.28. The van der Waals surface area contributed by atoms with Crippen LogP contribution in [-0.4, -0.2) is 0 Å². The smallest absolute Gasteiger partial charge is 0.0656 e. The third-order valence-corrected chi connectivity index (χ3v) is 9.24. The van der Waals surface area contributed by atoms with E-state index in [-0.39, 0.29) is 0 Å². The van der Waals surface area contributed by atoms with Gasteiger partial charge in [-0.05, 0) is 109 Å². The molecule has 0 aliphatic carbocycles. The second-order valence-corrected chi connectivity index (χ2v) is 12.0. The number of hydrogen-bond acceptors (Lipinski definition) is 2. The van der Waals surface area contributed by atoms with Crippen molar-refractivity contribution in [2.45, 2.75) is 0 Å². The molecule has 0 atom stereocenters. The van der Waals surface area contributed by atoms with Gasteiger partial charge in [-0.3, -0.25) is 0 Å². The van der Waals surface area contributed by atoms with E-state index in [0.29, 0.717) is 0 Å². The van der Waals surface area contributed by atoms with E-state index in [2.05, 4.69) is 202 Å². The van der Waals surface area contributed by atoms with Crippen LogP contribution in [0.1, 0.15) is 0 Å². The summed E-state index contributed by atoms with van der Waals surface area (Å²) in [6, 6.07) is 62.8. The van der Waals surface area contributed by atoms with Crippen molar-refractivity contribution >= 4 is 82.4 Å². The topological polar surface area (TPSA) is 6.48 Å². The van der Waals surface area contributed by atoms with Crippen molar-refractivity contribution in [3.63, 3.8) is 0 Å². The predicted molar refractivity (Wildman–Crippen MR) is 196 cm³/mol. The molecule has 0 amide bonds. The lowest BCUT2D eigenvalue weighted by Crippen LogP contribution is -2.14. The molecule has 8 rings (SSSR count). The Morgan fingerprint density at radius 3 is 1.07 bits per heavy atom. The van der Waals surface area contributed by atoms with Crippen LogP contribution in [0.3, 0.4) is 0 Å². The van der Waals surface area contributed by atoms with Gasteiger partial charge < -0.3 is 9.80 Å². The molecule has 3 heteroatoms. The van der Waals surface area contributed by atoms with E-state index in [4.69, 9.17) is 0 Å². The normalized spacial score (nSPS) is 11.2. The summed E-state index contributed by atoms with van der Waals surface area (Å²) in [5.74, 6) is 0. The number of rotatable bonds is 6. The number of halogens is 1. The summed E-state index contributed by atoms with van der Waals surface area (Å²) in [7, 11) is 0. The van der Waals surface area contributed by atoms with Gasteiger partial charge in [0.05, 0.1) is 15.8 Å². The highest BCUT2D eigenvalue weighted by atomic mass is 79.9. The summed E-state index contributed by atoms with van der Waals surface area (Å²) in [6.07, 6.45) is 0. The first kappa shape index (κ1) is 27.2. The van der Waals surface area contributed by atoms with Crippen LogP contribution in [0, 0.1) is 0 Å². The zero-order valence-corrected chi connectivity index (χ0v) is 26.1. The van der Waals surface area contributed by atoms with Gasteiger partial charge in [-0.1, -0.05) is 115 Å². The number of nitrogens with zero attached hydrogens (tertiary/aromatic N) is 2. The van der Waals surface area contributed by atoms with E-state index in [1.807, 2.05) is 0 Å². The SMILES string of the molecule is Brc1c(N(c2ccccc2)c2ccc3ccccc3c2)cccc1N(c1ccc2ccccc2c1)c1ccc2ccccc2c1. The van der Waals surface area contributed by atoms with E-state index in [1.54, 1.807) is 0 Å². The number of benzene rings is 8. The molecule has 45 heavy (non-hydrogen) atoms. The first-order valence-corrected chi connectivity index (χ1v) is 15.9. The van der Waals surface area contributed by atoms with Crippen LogP contribution in [0.15, 0.2) is 180 Å². The Hall–Kier alpha value is -5.38. The molecule has 0 unspecified atom stereocenters. The molecule has 0 aromatic heterocycles. The zero-order valence-electron chi connectivity index (χ0n) is 24.5. The van der Waals surface area contributed by atoms with Gasteiger partial charge in [0.25, 0.3) is 0 Å². The van der Waals surface area contributed by atoms with Gasteiger partial charge >= 0.3 is 0 Å². The van der Waals surface area contributed by atoms with Crippen molar-refractivity contribution in [3.05, 3.63) is 180 Å². The Balaban J connectivity index is 1.35. The second kappa shape index (κ2) is 11.6. The quantitative estimate of drug-likeness (QED) is 0.178. The van der Waals surface area contributed by atoms with Crippen molar-refractivity contribution in [1.29, 1.82) is 0 Å². The number of para-hydroxylation sites is 1. The van der Waals surface area contributed by atoms with Crippen LogP contribution in [0.2, 0.25) is 0 Å². The first-order valence-electron chi connectivity index (χ1n) is 15.1. The third kappa shape index (κ3) is 5.12. The Labute approximate surface area is 271 Å². The van der Waals surface area contributed by atoms with Gasteiger partial charge in [0.15, 0.2) is 0 Å². The van der Waals surface area contributed by atoms with Crippen LogP contribution >= 0.6 is 15.9 Å². The van der Waals surface area contributed by atoms with Crippen molar-refractivity contribution in [1.82, 2.24) is 0 Å². The molecule has 214 valence electrons. The molecule has 0 saturated heterocycles. The molecule has 2 nitrogen and oxygen atoms in total. The molecule has 0 spiro atoms. The van der Waals surface area contributed by atoms with Crippen molar-refractivity contribution < 1.29 is 0 Å². The van der Waals surface area contributed by atoms with Gasteiger partial charge in [0.2, 0.25) is 0 Å². The van der Waals surface area contributed by atoms with Gasteiger partial charge in [0.1, 0.15) is 0 Å². The molecule has 8 aromatic rings. The number of anilines is 6. The molecular formula is C42H29BrN2. The van der Waals surface area contributed by atoms with E-state index in [0.717, 1.165) is 38.6 Å². The van der Waals surface area contributed by atoms with E-state index in [9.17, 15) is 0 Å². The Morgan fingerprint density at radius 2 is 0.644 bits per heavy atom. The average molecular weight is 642 g/mol. The summed E-state index contributed by atoms with van der Waals surface area (Å²) in [6.45, 7) is 0. The highest BCUT2D eigenvalue weighted by Gasteiger charge is 2.22. The lowest BCUT2D eigenvalue weighted by atomic mass is 10.1. The molecule has 0 saturated carbocycles. The predicted octanol–water partition coefficient (Wildman–Crippen LogP) is 12.8. The molecule has 0 bridgehead atoms. The van der Waals surface area contributed by atoms with E-state index < -0.39 is 0 Å². The standard InChI is InChI=1S/C42H29BrN2/c43-42-40(44(36-17-2-1-3-18-36)37-24-21-30-11-4-7-14-33(30)27-37)19-10-20-41(42)45(38-25-22-31-12-5-8-15-34(31)28-38)39-26-23-32-13-6-9-16-35(32)29-39/h1-29H. The molecule has 0 N–H and O–H groups in total. The van der Waals surface area contributed by atoms with Crippen LogP contribution in [0.5, 0.6) is 0 Å². The van der Waals surface area contributed by atoms with Gasteiger partial charge in [0, 0.05) is 22.7 Å². The van der Waals surface area contributed by atoms with Crippen molar-refractivity contribution in [3.8, 4) is 0 Å². The highest BCUT2D eigenvalue weighted by molar-refractivity contribution is 9.10. The largest absolute Gasteiger partial charge is 0.309 e.